The van der Waals surface area contributed by atoms with Crippen LogP contribution in [0.1, 0.15) is 29.5 Å². The first kappa shape index (κ1) is 15.9. The van der Waals surface area contributed by atoms with Crippen molar-refractivity contribution in [2.75, 3.05) is 11.6 Å². The minimum Gasteiger partial charge on any atom is -0.325 e. The average Bonchev–Trinajstić information content (AvgIpc) is 3.33. The normalized spacial score (nSPS) is 16.6. The Morgan fingerprint density at radius 2 is 1.83 bits per heavy atom. The minimum atomic E-state index is -0.895. The Labute approximate surface area is 139 Å². The topological polar surface area (TPSA) is 46.2 Å². The zero-order valence-electron chi connectivity index (χ0n) is 13.5. The van der Waals surface area contributed by atoms with Crippen LogP contribution < -0.4 is 5.32 Å². The molecule has 2 aromatic rings. The number of benzene rings is 2. The van der Waals surface area contributed by atoms with Crippen molar-refractivity contribution in [3.05, 3.63) is 65.2 Å². The predicted molar refractivity (Wildman–Crippen MR) is 94.9 cm³/mol. The summed E-state index contributed by atoms with van der Waals surface area (Å²) in [5.74, 6) is 0.570. The van der Waals surface area contributed by atoms with Crippen LogP contribution in [0.15, 0.2) is 48.5 Å². The summed E-state index contributed by atoms with van der Waals surface area (Å²) in [6.07, 6.45) is 3.47. The Bertz CT molecular complexity index is 751. The second-order valence-electron chi connectivity index (χ2n) is 6.21. The summed E-state index contributed by atoms with van der Waals surface area (Å²) in [4.78, 5) is 12.8. The van der Waals surface area contributed by atoms with Gasteiger partial charge in [0.1, 0.15) is 0 Å². The molecule has 1 aliphatic rings. The van der Waals surface area contributed by atoms with Gasteiger partial charge in [-0.25, -0.2) is 0 Å². The van der Waals surface area contributed by atoms with Crippen LogP contribution in [0.3, 0.4) is 0 Å². The first-order valence-corrected chi connectivity index (χ1v) is 9.51. The lowest BCUT2D eigenvalue weighted by Gasteiger charge is -2.18. The van der Waals surface area contributed by atoms with E-state index in [1.807, 2.05) is 55.5 Å². The van der Waals surface area contributed by atoms with Crippen molar-refractivity contribution in [3.63, 3.8) is 0 Å². The zero-order valence-corrected chi connectivity index (χ0v) is 14.3. The van der Waals surface area contributed by atoms with E-state index in [0.29, 0.717) is 5.75 Å². The van der Waals surface area contributed by atoms with Crippen molar-refractivity contribution in [3.8, 4) is 0 Å². The van der Waals surface area contributed by atoms with Gasteiger partial charge in [-0.1, -0.05) is 42.5 Å². The Kier molecular flexibility index (Phi) is 4.35. The monoisotopic (exact) mass is 327 g/mol. The molecular weight excluding hydrogens is 306 g/mol. The molecule has 2 aromatic carbocycles. The molecule has 1 amide bonds. The van der Waals surface area contributed by atoms with Gasteiger partial charge >= 0.3 is 0 Å². The molecule has 1 atom stereocenters. The molecule has 3 nitrogen and oxygen atoms in total. The second-order valence-corrected chi connectivity index (χ2v) is 7.64. The molecule has 0 heterocycles. The maximum absolute atomic E-state index is 12.8. The standard InChI is InChI=1S/C19H21NO2S/c1-14-15(13-23(2)22)7-6-10-17(14)20-18(21)19(11-12-19)16-8-4-3-5-9-16/h3-10H,11-13H2,1-2H3,(H,20,21)/t23-/m1/s1. The summed E-state index contributed by atoms with van der Waals surface area (Å²) in [5, 5.41) is 3.09. The maximum Gasteiger partial charge on any atom is 0.235 e. The molecule has 1 saturated carbocycles. The van der Waals surface area contributed by atoms with E-state index in [1.165, 1.54) is 0 Å². The third-order valence-electron chi connectivity index (χ3n) is 4.56. The van der Waals surface area contributed by atoms with Gasteiger partial charge in [0.2, 0.25) is 5.91 Å². The van der Waals surface area contributed by atoms with E-state index in [1.54, 1.807) is 6.26 Å². The van der Waals surface area contributed by atoms with E-state index >= 15 is 0 Å². The van der Waals surface area contributed by atoms with Crippen molar-refractivity contribution >= 4 is 22.4 Å². The average molecular weight is 327 g/mol. The summed E-state index contributed by atoms with van der Waals surface area (Å²) in [6.45, 7) is 1.97. The SMILES string of the molecule is Cc1c(C[S@@](C)=O)cccc1NC(=O)C1(c2ccccc2)CC1. The summed E-state index contributed by atoms with van der Waals surface area (Å²) < 4.78 is 11.5. The molecule has 0 saturated heterocycles. The van der Waals surface area contributed by atoms with Crippen LogP contribution in [0, 0.1) is 6.92 Å². The number of amides is 1. The first-order valence-electron chi connectivity index (χ1n) is 7.78. The highest BCUT2D eigenvalue weighted by atomic mass is 32.2. The molecule has 3 rings (SSSR count). The first-order chi connectivity index (χ1) is 11.0. The molecule has 0 aromatic heterocycles. The van der Waals surface area contributed by atoms with E-state index in [0.717, 1.165) is 35.2 Å². The maximum atomic E-state index is 12.8. The second kappa shape index (κ2) is 6.28. The molecule has 0 bridgehead atoms. The van der Waals surface area contributed by atoms with Gasteiger partial charge in [0.15, 0.2) is 0 Å². The van der Waals surface area contributed by atoms with Gasteiger partial charge in [-0.05, 0) is 42.5 Å². The lowest BCUT2D eigenvalue weighted by Crippen LogP contribution is -2.28. The molecular formula is C19H21NO2S. The molecule has 1 fully saturated rings. The fourth-order valence-corrected chi connectivity index (χ4v) is 3.72. The Hall–Kier alpha value is -1.94. The molecule has 23 heavy (non-hydrogen) atoms. The third-order valence-corrected chi connectivity index (χ3v) is 5.28. The van der Waals surface area contributed by atoms with Gasteiger partial charge in [0.05, 0.1) is 5.41 Å². The number of carbonyl (C=O) groups excluding carboxylic acids is 1. The van der Waals surface area contributed by atoms with Crippen LogP contribution >= 0.6 is 0 Å². The van der Waals surface area contributed by atoms with E-state index in [4.69, 9.17) is 0 Å². The fraction of sp³-hybridized carbons (Fsp3) is 0.316. The molecule has 4 heteroatoms. The highest BCUT2D eigenvalue weighted by Gasteiger charge is 2.51. The smallest absolute Gasteiger partial charge is 0.235 e. The Morgan fingerprint density at radius 3 is 2.43 bits per heavy atom. The number of hydrogen-bond donors (Lipinski definition) is 1. The van der Waals surface area contributed by atoms with E-state index in [-0.39, 0.29) is 11.3 Å². The van der Waals surface area contributed by atoms with Crippen LogP contribution in [-0.4, -0.2) is 16.4 Å². The van der Waals surface area contributed by atoms with Crippen LogP contribution in [0.25, 0.3) is 0 Å². The summed E-state index contributed by atoms with van der Waals surface area (Å²) in [7, 11) is -0.895. The van der Waals surface area contributed by atoms with Crippen molar-refractivity contribution < 1.29 is 9.00 Å². The van der Waals surface area contributed by atoms with Gasteiger partial charge in [0, 0.05) is 28.5 Å². The highest BCUT2D eigenvalue weighted by molar-refractivity contribution is 7.83. The van der Waals surface area contributed by atoms with Crippen molar-refractivity contribution in [1.82, 2.24) is 0 Å². The van der Waals surface area contributed by atoms with E-state index in [2.05, 4.69) is 5.32 Å². The van der Waals surface area contributed by atoms with Crippen LogP contribution in [0.5, 0.6) is 0 Å². The summed E-state index contributed by atoms with van der Waals surface area (Å²) >= 11 is 0. The zero-order chi connectivity index (χ0) is 16.4. The van der Waals surface area contributed by atoms with Gasteiger partial charge in [-0.15, -0.1) is 0 Å². The molecule has 0 aliphatic heterocycles. The van der Waals surface area contributed by atoms with Crippen LogP contribution in [0.4, 0.5) is 5.69 Å². The molecule has 120 valence electrons. The Balaban J connectivity index is 1.83. The molecule has 0 unspecified atom stereocenters. The number of nitrogens with one attached hydrogen (secondary N) is 1. The highest BCUT2D eigenvalue weighted by Crippen LogP contribution is 2.49. The fourth-order valence-electron chi connectivity index (χ4n) is 2.97. The third kappa shape index (κ3) is 3.22. The number of anilines is 1. The summed E-state index contributed by atoms with van der Waals surface area (Å²) in [6, 6.07) is 15.8. The largest absolute Gasteiger partial charge is 0.325 e. The van der Waals surface area contributed by atoms with Gasteiger partial charge in [-0.3, -0.25) is 9.00 Å². The van der Waals surface area contributed by atoms with Crippen LogP contribution in [0.2, 0.25) is 0 Å². The van der Waals surface area contributed by atoms with Gasteiger partial charge in [0.25, 0.3) is 0 Å². The molecule has 0 radical (unpaired) electrons. The van der Waals surface area contributed by atoms with E-state index < -0.39 is 10.8 Å². The van der Waals surface area contributed by atoms with Crippen molar-refractivity contribution in [2.45, 2.75) is 30.9 Å². The predicted octanol–water partition coefficient (Wildman–Crippen LogP) is 3.54. The molecule has 0 spiro atoms. The molecule has 1 N–H and O–H groups in total. The summed E-state index contributed by atoms with van der Waals surface area (Å²) in [5.41, 5.74) is 3.55. The molecule has 1 aliphatic carbocycles. The lowest BCUT2D eigenvalue weighted by molar-refractivity contribution is -0.118. The van der Waals surface area contributed by atoms with E-state index in [9.17, 15) is 9.00 Å². The number of rotatable bonds is 5. The Morgan fingerprint density at radius 1 is 1.13 bits per heavy atom. The minimum absolute atomic E-state index is 0.0570. The van der Waals surface area contributed by atoms with Crippen molar-refractivity contribution in [1.29, 1.82) is 0 Å². The number of carbonyl (C=O) groups is 1. The van der Waals surface area contributed by atoms with Crippen LogP contribution in [-0.2, 0) is 26.8 Å². The van der Waals surface area contributed by atoms with Gasteiger partial charge in [-0.2, -0.15) is 0 Å². The number of hydrogen-bond acceptors (Lipinski definition) is 2. The van der Waals surface area contributed by atoms with Gasteiger partial charge < -0.3 is 5.32 Å². The van der Waals surface area contributed by atoms with Crippen molar-refractivity contribution in [2.24, 2.45) is 0 Å². The lowest BCUT2D eigenvalue weighted by atomic mass is 9.94. The quantitative estimate of drug-likeness (QED) is 0.913.